The molecule has 0 saturated heterocycles. The van der Waals surface area contributed by atoms with Gasteiger partial charge in [0.05, 0.1) is 23.7 Å². The molecular weight excluding hydrogens is 397 g/mol. The van der Waals surface area contributed by atoms with Crippen LogP contribution in [0, 0.1) is 11.8 Å². The van der Waals surface area contributed by atoms with E-state index in [-0.39, 0.29) is 11.9 Å². The van der Waals surface area contributed by atoms with Crippen LogP contribution in [0.3, 0.4) is 0 Å². The van der Waals surface area contributed by atoms with Gasteiger partial charge >= 0.3 is 0 Å². The number of amides is 1. The zero-order valence-corrected chi connectivity index (χ0v) is 16.5. The minimum atomic E-state index is -0.931. The number of H-pyrrole nitrogens is 1. The molecule has 2 aliphatic rings. The summed E-state index contributed by atoms with van der Waals surface area (Å²) in [4.78, 5) is 12.4. The fourth-order valence-corrected chi connectivity index (χ4v) is 5.07. The van der Waals surface area contributed by atoms with Gasteiger partial charge < -0.3 is 10.4 Å². The van der Waals surface area contributed by atoms with Crippen molar-refractivity contribution in [3.05, 3.63) is 63.8 Å². The number of hydrogen-bond acceptors (Lipinski definition) is 3. The van der Waals surface area contributed by atoms with Gasteiger partial charge in [-0.1, -0.05) is 35.3 Å². The quantitative estimate of drug-likeness (QED) is 0.605. The summed E-state index contributed by atoms with van der Waals surface area (Å²) >= 11 is 12.1. The second-order valence-corrected chi connectivity index (χ2v) is 8.82. The van der Waals surface area contributed by atoms with Crippen LogP contribution in [0.1, 0.15) is 24.0 Å². The Labute approximate surface area is 172 Å². The van der Waals surface area contributed by atoms with Crippen LogP contribution in [0.15, 0.2) is 42.6 Å². The molecule has 5 nitrogen and oxygen atoms in total. The Bertz CT molecular complexity index is 1050. The predicted molar refractivity (Wildman–Crippen MR) is 108 cm³/mol. The molecule has 2 aliphatic carbocycles. The van der Waals surface area contributed by atoms with E-state index in [0.29, 0.717) is 41.1 Å². The summed E-state index contributed by atoms with van der Waals surface area (Å²) in [6, 6.07) is 11.1. The highest BCUT2D eigenvalue weighted by Gasteiger charge is 2.62. The minimum absolute atomic E-state index is 0.00485. The van der Waals surface area contributed by atoms with E-state index in [1.54, 1.807) is 18.3 Å². The lowest BCUT2D eigenvalue weighted by Crippen LogP contribution is -2.34. The van der Waals surface area contributed by atoms with E-state index >= 15 is 0 Å². The predicted octanol–water partition coefficient (Wildman–Crippen LogP) is 3.82. The summed E-state index contributed by atoms with van der Waals surface area (Å²) in [5, 5.41) is 23.5. The summed E-state index contributed by atoms with van der Waals surface area (Å²) in [6.45, 7) is 0. The van der Waals surface area contributed by atoms with Crippen molar-refractivity contribution in [3.8, 4) is 0 Å². The Balaban J connectivity index is 1.26. The Kier molecular flexibility index (Phi) is 4.16. The molecule has 3 N–H and O–H groups in total. The maximum atomic E-state index is 12.4. The van der Waals surface area contributed by atoms with Gasteiger partial charge in [-0.15, -0.1) is 0 Å². The minimum Gasteiger partial charge on any atom is -0.385 e. The number of rotatable bonds is 4. The molecule has 2 unspecified atom stereocenters. The molecule has 1 amide bonds. The van der Waals surface area contributed by atoms with Gasteiger partial charge in [0.2, 0.25) is 5.91 Å². The molecule has 5 rings (SSSR count). The van der Waals surface area contributed by atoms with Gasteiger partial charge in [0.25, 0.3) is 0 Å². The van der Waals surface area contributed by atoms with Crippen molar-refractivity contribution < 1.29 is 9.90 Å². The molecule has 3 aromatic rings. The van der Waals surface area contributed by atoms with Gasteiger partial charge in [-0.05, 0) is 60.1 Å². The number of fused-ring (bicyclic) bond motifs is 2. The van der Waals surface area contributed by atoms with Crippen molar-refractivity contribution in [1.29, 1.82) is 0 Å². The first-order valence-electron chi connectivity index (χ1n) is 9.32. The molecule has 2 saturated carbocycles. The maximum absolute atomic E-state index is 12.4. The van der Waals surface area contributed by atoms with Crippen LogP contribution in [0.4, 0.5) is 0 Å². The van der Waals surface area contributed by atoms with E-state index in [1.165, 1.54) is 0 Å². The number of nitrogens with one attached hydrogen (secondary N) is 2. The van der Waals surface area contributed by atoms with E-state index < -0.39 is 5.60 Å². The van der Waals surface area contributed by atoms with Gasteiger partial charge in [0, 0.05) is 21.5 Å². The van der Waals surface area contributed by atoms with Crippen molar-refractivity contribution in [3.63, 3.8) is 0 Å². The summed E-state index contributed by atoms with van der Waals surface area (Å²) in [5.41, 5.74) is 1.65. The average molecular weight is 416 g/mol. The SMILES string of the molecule is O=C(Cc1ccc(Cl)cc1)NC1[C@H]2CC(O)(c3cc(Cl)cc4[nH]ncc34)C[C@@H]12. The molecular formula is C21H19Cl2N3O2. The summed E-state index contributed by atoms with van der Waals surface area (Å²) < 4.78 is 0. The number of hydrogen-bond donors (Lipinski definition) is 3. The largest absolute Gasteiger partial charge is 0.385 e. The number of carbonyl (C=O) groups is 1. The van der Waals surface area contributed by atoms with Crippen molar-refractivity contribution >= 4 is 40.0 Å². The molecule has 2 fully saturated rings. The zero-order chi connectivity index (χ0) is 19.5. The molecule has 0 spiro atoms. The first-order chi connectivity index (χ1) is 13.4. The Hall–Kier alpha value is -2.08. The molecule has 7 heteroatoms. The molecule has 28 heavy (non-hydrogen) atoms. The maximum Gasteiger partial charge on any atom is 0.224 e. The monoisotopic (exact) mass is 415 g/mol. The molecule has 0 aliphatic heterocycles. The number of aromatic nitrogens is 2. The first-order valence-corrected chi connectivity index (χ1v) is 10.1. The van der Waals surface area contributed by atoms with Gasteiger partial charge in [0.1, 0.15) is 0 Å². The highest BCUT2D eigenvalue weighted by atomic mass is 35.5. The molecule has 0 bridgehead atoms. The standard InChI is InChI=1S/C21H19Cl2N3O2/c22-12-3-1-11(2-4-12)5-19(27)25-20-14-8-21(28,9-15(14)20)17-6-13(23)7-18-16(17)10-24-26-18/h1-4,6-7,10,14-15,20,28H,5,8-9H2,(H,24,26)(H,25,27)/t14-,15+,20?,21?. The van der Waals surface area contributed by atoms with Gasteiger partial charge in [0.15, 0.2) is 0 Å². The smallest absolute Gasteiger partial charge is 0.224 e. The fourth-order valence-electron chi connectivity index (χ4n) is 4.72. The number of halogens is 2. The Morgan fingerprint density at radius 2 is 1.89 bits per heavy atom. The highest BCUT2D eigenvalue weighted by Crippen LogP contribution is 2.60. The van der Waals surface area contributed by atoms with Gasteiger partial charge in [-0.2, -0.15) is 5.10 Å². The van der Waals surface area contributed by atoms with E-state index in [2.05, 4.69) is 15.5 Å². The number of aliphatic hydroxyl groups is 1. The zero-order valence-electron chi connectivity index (χ0n) is 15.0. The van der Waals surface area contributed by atoms with E-state index in [1.807, 2.05) is 24.3 Å². The number of aromatic amines is 1. The second-order valence-electron chi connectivity index (χ2n) is 7.95. The number of carbonyl (C=O) groups excluding carboxylic acids is 1. The van der Waals surface area contributed by atoms with E-state index in [9.17, 15) is 9.90 Å². The molecule has 144 valence electrons. The van der Waals surface area contributed by atoms with Crippen molar-refractivity contribution in [2.24, 2.45) is 11.8 Å². The molecule has 1 aromatic heterocycles. The lowest BCUT2D eigenvalue weighted by atomic mass is 9.86. The lowest BCUT2D eigenvalue weighted by molar-refractivity contribution is -0.120. The Morgan fingerprint density at radius 3 is 2.61 bits per heavy atom. The van der Waals surface area contributed by atoms with Crippen LogP contribution in [0.2, 0.25) is 10.0 Å². The molecule has 2 aromatic carbocycles. The topological polar surface area (TPSA) is 78.0 Å². The molecule has 0 radical (unpaired) electrons. The van der Waals surface area contributed by atoms with Gasteiger partial charge in [-0.25, -0.2) is 0 Å². The normalized spacial score (nSPS) is 28.3. The third-order valence-electron chi connectivity index (χ3n) is 6.11. The van der Waals surface area contributed by atoms with Crippen LogP contribution in [0.25, 0.3) is 10.9 Å². The van der Waals surface area contributed by atoms with Crippen LogP contribution < -0.4 is 5.32 Å². The molecule has 4 atom stereocenters. The van der Waals surface area contributed by atoms with E-state index in [0.717, 1.165) is 22.0 Å². The third-order valence-corrected chi connectivity index (χ3v) is 6.58. The fraction of sp³-hybridized carbons (Fsp3) is 0.333. The average Bonchev–Trinajstić information content (AvgIpc) is 3.03. The van der Waals surface area contributed by atoms with E-state index in [4.69, 9.17) is 23.2 Å². The van der Waals surface area contributed by atoms with Crippen molar-refractivity contribution in [2.45, 2.75) is 30.9 Å². The lowest BCUT2D eigenvalue weighted by Gasteiger charge is -2.27. The van der Waals surface area contributed by atoms with Crippen LogP contribution in [-0.4, -0.2) is 27.3 Å². The second kappa shape index (κ2) is 6.48. The highest BCUT2D eigenvalue weighted by molar-refractivity contribution is 6.31. The number of nitrogens with zero attached hydrogens (tertiary/aromatic N) is 1. The van der Waals surface area contributed by atoms with Gasteiger partial charge in [-0.3, -0.25) is 9.89 Å². The van der Waals surface area contributed by atoms with Crippen molar-refractivity contribution in [1.82, 2.24) is 15.5 Å². The first kappa shape index (κ1) is 18.0. The third kappa shape index (κ3) is 3.08. The number of benzene rings is 2. The van der Waals surface area contributed by atoms with Crippen LogP contribution >= 0.6 is 23.2 Å². The molecule has 1 heterocycles. The van der Waals surface area contributed by atoms with Crippen LogP contribution in [-0.2, 0) is 16.8 Å². The summed E-state index contributed by atoms with van der Waals surface area (Å²) in [6.07, 6.45) is 3.30. The Morgan fingerprint density at radius 1 is 1.18 bits per heavy atom. The van der Waals surface area contributed by atoms with Crippen molar-refractivity contribution in [2.75, 3.05) is 0 Å². The van der Waals surface area contributed by atoms with Crippen LogP contribution in [0.5, 0.6) is 0 Å². The summed E-state index contributed by atoms with van der Waals surface area (Å²) in [5.74, 6) is 0.588. The summed E-state index contributed by atoms with van der Waals surface area (Å²) in [7, 11) is 0.